The molecule has 1 aromatic heterocycles. The molecule has 0 atom stereocenters. The lowest BCUT2D eigenvalue weighted by Crippen LogP contribution is -2.28. The molecule has 2 heteroatoms. The monoisotopic (exact) mass is 928 g/mol. The summed E-state index contributed by atoms with van der Waals surface area (Å²) in [5, 5.41) is 5.02. The molecule has 1 aliphatic rings. The zero-order valence-corrected chi connectivity index (χ0v) is 40.1. The fraction of sp³-hybridized carbons (Fsp3) is 0.0141. The van der Waals surface area contributed by atoms with E-state index in [1.54, 1.807) is 0 Å². The van der Waals surface area contributed by atoms with E-state index in [-0.39, 0.29) is 0 Å². The molecule has 0 unspecified atom stereocenters. The maximum Gasteiger partial charge on any atom is 0.0714 e. The molecule has 0 bridgehead atoms. The van der Waals surface area contributed by atoms with Crippen LogP contribution in [-0.4, -0.2) is 4.57 Å². The number of para-hydroxylation sites is 2. The second-order valence-electron chi connectivity index (χ2n) is 19.1. The van der Waals surface area contributed by atoms with Gasteiger partial charge >= 0.3 is 0 Å². The van der Waals surface area contributed by atoms with Gasteiger partial charge in [-0.2, -0.15) is 0 Å². The summed E-state index contributed by atoms with van der Waals surface area (Å²) in [7, 11) is 0. The standard InChI is InChI=1S/C71H48N2/c1-4-19-51(20-5-1)59-30-16-21-53-22-17-31-60(69(53)59)52-41-47-57(48-42-52)72(56-43-37-49(38-44-56)50-39-45-58(46-40-50)73-66-34-14-11-27-61(66)62-28-12-15-35-67(62)73)68-36-18-33-65-70(68)63-29-10-13-32-64(63)71(65,54-23-6-2-7-24-54)55-25-8-3-9-26-55/h1-48H. The van der Waals surface area contributed by atoms with Gasteiger partial charge in [0.05, 0.1) is 22.1 Å². The maximum atomic E-state index is 2.47. The highest BCUT2D eigenvalue weighted by Crippen LogP contribution is 2.59. The Morgan fingerprint density at radius 1 is 0.301 bits per heavy atom. The summed E-state index contributed by atoms with van der Waals surface area (Å²) in [4.78, 5) is 2.47. The van der Waals surface area contributed by atoms with Gasteiger partial charge in [0.25, 0.3) is 0 Å². The Hall–Kier alpha value is -9.50. The molecule has 0 amide bonds. The first-order valence-electron chi connectivity index (χ1n) is 25.3. The third-order valence-electron chi connectivity index (χ3n) is 15.3. The zero-order valence-electron chi connectivity index (χ0n) is 40.1. The van der Waals surface area contributed by atoms with Crippen LogP contribution in [0.1, 0.15) is 22.3 Å². The van der Waals surface area contributed by atoms with E-state index in [0.717, 1.165) is 28.3 Å². The number of hydrogen-bond acceptors (Lipinski definition) is 1. The van der Waals surface area contributed by atoms with Gasteiger partial charge in [0.2, 0.25) is 0 Å². The number of anilines is 3. The summed E-state index contributed by atoms with van der Waals surface area (Å²) in [5.41, 5.74) is 21.0. The van der Waals surface area contributed by atoms with E-state index >= 15 is 0 Å². The van der Waals surface area contributed by atoms with Crippen molar-refractivity contribution in [3.8, 4) is 50.2 Å². The van der Waals surface area contributed by atoms with E-state index in [1.807, 2.05) is 0 Å². The summed E-state index contributed by atoms with van der Waals surface area (Å²) >= 11 is 0. The van der Waals surface area contributed by atoms with Crippen molar-refractivity contribution in [2.75, 3.05) is 4.90 Å². The molecule has 1 heterocycles. The number of hydrogen-bond donors (Lipinski definition) is 0. The highest BCUT2D eigenvalue weighted by atomic mass is 15.1. The molecule has 73 heavy (non-hydrogen) atoms. The number of nitrogens with zero attached hydrogens (tertiary/aromatic N) is 2. The van der Waals surface area contributed by atoms with Crippen LogP contribution in [0.15, 0.2) is 291 Å². The van der Waals surface area contributed by atoms with Crippen molar-refractivity contribution in [3.63, 3.8) is 0 Å². The van der Waals surface area contributed by atoms with Gasteiger partial charge < -0.3 is 9.47 Å². The highest BCUT2D eigenvalue weighted by Gasteiger charge is 2.47. The van der Waals surface area contributed by atoms with Gasteiger partial charge in [-0.05, 0) is 127 Å². The van der Waals surface area contributed by atoms with Crippen LogP contribution in [0, 0.1) is 0 Å². The second-order valence-corrected chi connectivity index (χ2v) is 19.1. The zero-order chi connectivity index (χ0) is 48.3. The van der Waals surface area contributed by atoms with Crippen LogP contribution in [0.3, 0.4) is 0 Å². The molecule has 1 aliphatic carbocycles. The Balaban J connectivity index is 0.924. The first-order chi connectivity index (χ1) is 36.2. The van der Waals surface area contributed by atoms with Crippen LogP contribution < -0.4 is 4.90 Å². The Morgan fingerprint density at radius 2 is 0.740 bits per heavy atom. The van der Waals surface area contributed by atoms with Crippen LogP contribution in [-0.2, 0) is 5.41 Å². The van der Waals surface area contributed by atoms with Gasteiger partial charge in [-0.25, -0.2) is 0 Å². The lowest BCUT2D eigenvalue weighted by Gasteiger charge is -2.34. The molecule has 2 nitrogen and oxygen atoms in total. The largest absolute Gasteiger partial charge is 0.310 e. The fourth-order valence-electron chi connectivity index (χ4n) is 12.1. The number of benzene rings is 12. The third-order valence-corrected chi connectivity index (χ3v) is 15.3. The normalized spacial score (nSPS) is 12.5. The van der Waals surface area contributed by atoms with Crippen LogP contribution in [0.2, 0.25) is 0 Å². The Bertz CT molecular complexity index is 4060. The molecule has 0 saturated heterocycles. The van der Waals surface area contributed by atoms with Gasteiger partial charge in [-0.1, -0.05) is 237 Å². The SMILES string of the molecule is c1ccc(-c2cccc3cccc(-c4ccc(N(c5ccc(-c6ccc(-n7c8ccccc8c8ccccc87)cc6)cc5)c5cccc6c5-c5ccccc5C6(c5ccccc5)c5ccccc5)cc4)c23)cc1. The average Bonchev–Trinajstić information content (AvgIpc) is 4.02. The van der Waals surface area contributed by atoms with Gasteiger partial charge in [0.15, 0.2) is 0 Å². The first-order valence-corrected chi connectivity index (χ1v) is 25.3. The molecule has 0 spiro atoms. The molecule has 13 aromatic rings. The van der Waals surface area contributed by atoms with Crippen molar-refractivity contribution in [2.24, 2.45) is 0 Å². The van der Waals surface area contributed by atoms with Gasteiger partial charge in [-0.3, -0.25) is 0 Å². The molecular weight excluding hydrogens is 881 g/mol. The van der Waals surface area contributed by atoms with Crippen LogP contribution >= 0.6 is 0 Å². The Kier molecular flexibility index (Phi) is 10.1. The van der Waals surface area contributed by atoms with Crippen molar-refractivity contribution in [1.82, 2.24) is 4.57 Å². The van der Waals surface area contributed by atoms with Crippen molar-refractivity contribution in [3.05, 3.63) is 313 Å². The fourth-order valence-corrected chi connectivity index (χ4v) is 12.1. The van der Waals surface area contributed by atoms with Crippen molar-refractivity contribution in [1.29, 1.82) is 0 Å². The quantitative estimate of drug-likeness (QED) is 0.140. The van der Waals surface area contributed by atoms with E-state index in [2.05, 4.69) is 301 Å². The van der Waals surface area contributed by atoms with Gasteiger partial charge in [-0.15, -0.1) is 0 Å². The summed E-state index contributed by atoms with van der Waals surface area (Å²) in [6.45, 7) is 0. The van der Waals surface area contributed by atoms with Crippen LogP contribution in [0.5, 0.6) is 0 Å². The van der Waals surface area contributed by atoms with Crippen molar-refractivity contribution >= 4 is 49.6 Å². The summed E-state index contributed by atoms with van der Waals surface area (Å²) in [6.07, 6.45) is 0. The summed E-state index contributed by atoms with van der Waals surface area (Å²) in [5.74, 6) is 0. The topological polar surface area (TPSA) is 8.17 Å². The lowest BCUT2D eigenvalue weighted by molar-refractivity contribution is 0.768. The number of aromatic nitrogens is 1. The average molecular weight is 929 g/mol. The minimum absolute atomic E-state index is 0.528. The van der Waals surface area contributed by atoms with E-state index in [4.69, 9.17) is 0 Å². The van der Waals surface area contributed by atoms with E-state index in [9.17, 15) is 0 Å². The predicted octanol–water partition coefficient (Wildman–Crippen LogP) is 18.8. The van der Waals surface area contributed by atoms with Gasteiger partial charge in [0, 0.05) is 33.4 Å². The lowest BCUT2D eigenvalue weighted by atomic mass is 9.68. The molecule has 12 aromatic carbocycles. The van der Waals surface area contributed by atoms with Crippen LogP contribution in [0.4, 0.5) is 17.1 Å². The van der Waals surface area contributed by atoms with Gasteiger partial charge in [0.1, 0.15) is 0 Å². The molecule has 0 aliphatic heterocycles. The Morgan fingerprint density at radius 3 is 1.33 bits per heavy atom. The minimum Gasteiger partial charge on any atom is -0.310 e. The molecule has 0 N–H and O–H groups in total. The van der Waals surface area contributed by atoms with Crippen LogP contribution in [0.25, 0.3) is 82.8 Å². The van der Waals surface area contributed by atoms with E-state index in [1.165, 1.54) is 93.8 Å². The molecule has 0 radical (unpaired) electrons. The Labute approximate surface area is 426 Å². The number of fused-ring (bicyclic) bond motifs is 7. The van der Waals surface area contributed by atoms with Crippen molar-refractivity contribution < 1.29 is 0 Å². The maximum absolute atomic E-state index is 2.47. The third kappa shape index (κ3) is 6.79. The number of rotatable bonds is 9. The minimum atomic E-state index is -0.528. The molecular formula is C71H48N2. The first kappa shape index (κ1) is 42.4. The highest BCUT2D eigenvalue weighted by molar-refractivity contribution is 6.09. The predicted molar refractivity (Wildman–Crippen MR) is 307 cm³/mol. The molecule has 0 fully saturated rings. The molecule has 14 rings (SSSR count). The molecule has 342 valence electrons. The molecule has 0 saturated carbocycles. The van der Waals surface area contributed by atoms with E-state index in [0.29, 0.717) is 0 Å². The van der Waals surface area contributed by atoms with E-state index < -0.39 is 5.41 Å². The smallest absolute Gasteiger partial charge is 0.0714 e. The summed E-state index contributed by atoms with van der Waals surface area (Å²) in [6, 6.07) is 107. The van der Waals surface area contributed by atoms with Crippen molar-refractivity contribution in [2.45, 2.75) is 5.41 Å². The summed E-state index contributed by atoms with van der Waals surface area (Å²) < 4.78 is 2.38. The second kappa shape index (κ2) is 17.4.